The number of hydrogen-bond donors (Lipinski definition) is 2. The van der Waals surface area contributed by atoms with Gasteiger partial charge >= 0.3 is 12.0 Å². The highest BCUT2D eigenvalue weighted by atomic mass is 16.5. The molecule has 2 fully saturated rings. The quantitative estimate of drug-likeness (QED) is 0.497. The number of amides is 4. The number of nitrogens with one attached hydrogen (secondary N) is 2. The summed E-state index contributed by atoms with van der Waals surface area (Å²) in [6, 6.07) is 1.41. The van der Waals surface area contributed by atoms with E-state index in [-0.39, 0.29) is 17.3 Å². The summed E-state index contributed by atoms with van der Waals surface area (Å²) in [6.45, 7) is 10.2. The molecule has 9 nitrogen and oxygen atoms in total. The smallest absolute Gasteiger partial charge is 0.326 e. The first-order chi connectivity index (χ1) is 13.7. The molecule has 0 radical (unpaired) electrons. The molecular formula is C21H32N4O5. The zero-order chi connectivity index (χ0) is 22.9. The second-order valence-corrected chi connectivity index (χ2v) is 9.94. The van der Waals surface area contributed by atoms with E-state index in [1.54, 1.807) is 20.8 Å². The predicted octanol–water partition coefficient (Wildman–Crippen LogP) is 1.72. The van der Waals surface area contributed by atoms with Crippen molar-refractivity contribution in [3.8, 4) is 6.07 Å². The fourth-order valence-corrected chi connectivity index (χ4v) is 4.60. The van der Waals surface area contributed by atoms with Crippen molar-refractivity contribution in [3.05, 3.63) is 0 Å². The lowest BCUT2D eigenvalue weighted by atomic mass is 9.64. The summed E-state index contributed by atoms with van der Waals surface area (Å²) < 4.78 is 4.94. The van der Waals surface area contributed by atoms with Crippen LogP contribution in [0.4, 0.5) is 4.79 Å². The Balaban J connectivity index is 1.96. The van der Waals surface area contributed by atoms with Crippen LogP contribution >= 0.6 is 0 Å². The van der Waals surface area contributed by atoms with E-state index in [1.165, 1.54) is 0 Å². The lowest BCUT2D eigenvalue weighted by Crippen LogP contribution is -2.54. The number of nitriles is 1. The molecule has 2 rings (SSSR count). The average Bonchev–Trinajstić information content (AvgIpc) is 2.81. The number of hydrogen-bond acceptors (Lipinski definition) is 6. The molecule has 0 bridgehead atoms. The van der Waals surface area contributed by atoms with Crippen molar-refractivity contribution >= 4 is 23.8 Å². The molecule has 0 aromatic heterocycles. The van der Waals surface area contributed by atoms with Crippen LogP contribution in [0.25, 0.3) is 0 Å². The molecule has 166 valence electrons. The first-order valence-corrected chi connectivity index (χ1v) is 10.3. The summed E-state index contributed by atoms with van der Waals surface area (Å²) in [5.74, 6) is -1.81. The Morgan fingerprint density at radius 2 is 2.00 bits per heavy atom. The van der Waals surface area contributed by atoms with E-state index in [0.29, 0.717) is 12.8 Å². The van der Waals surface area contributed by atoms with Crippen LogP contribution in [0.5, 0.6) is 0 Å². The number of nitrogens with zero attached hydrogens (tertiary/aromatic N) is 2. The van der Waals surface area contributed by atoms with Crippen LogP contribution < -0.4 is 10.6 Å². The molecule has 1 heterocycles. The lowest BCUT2D eigenvalue weighted by Gasteiger charge is -2.43. The molecule has 0 aromatic rings. The number of ether oxygens (including phenoxy) is 1. The SMILES string of the molecule is CC(C)[C@](C)(C#N)NC(=O)COC(=O)CN1C(=O)N[C@]2(C[C@H](C)CC(C)(C)C2)C1=O. The molecular weight excluding hydrogens is 388 g/mol. The van der Waals surface area contributed by atoms with Crippen molar-refractivity contribution in [1.82, 2.24) is 15.5 Å². The van der Waals surface area contributed by atoms with Crippen LogP contribution in [0.3, 0.4) is 0 Å². The number of imide groups is 1. The number of carbonyl (C=O) groups excluding carboxylic acids is 4. The molecule has 3 atom stereocenters. The fourth-order valence-electron chi connectivity index (χ4n) is 4.60. The molecule has 30 heavy (non-hydrogen) atoms. The molecule has 1 saturated heterocycles. The van der Waals surface area contributed by atoms with Gasteiger partial charge in [0.25, 0.3) is 11.8 Å². The Bertz CT molecular complexity index is 787. The molecule has 1 saturated carbocycles. The third-order valence-electron chi connectivity index (χ3n) is 6.06. The summed E-state index contributed by atoms with van der Waals surface area (Å²) >= 11 is 0. The van der Waals surface area contributed by atoms with E-state index < -0.39 is 48.0 Å². The van der Waals surface area contributed by atoms with Gasteiger partial charge in [0.05, 0.1) is 6.07 Å². The van der Waals surface area contributed by atoms with Gasteiger partial charge in [-0.3, -0.25) is 19.3 Å². The van der Waals surface area contributed by atoms with E-state index in [0.717, 1.165) is 11.3 Å². The lowest BCUT2D eigenvalue weighted by molar-refractivity contribution is -0.151. The minimum Gasteiger partial charge on any atom is -0.454 e. The molecule has 9 heteroatoms. The molecule has 1 aliphatic heterocycles. The average molecular weight is 421 g/mol. The summed E-state index contributed by atoms with van der Waals surface area (Å²) in [5.41, 5.74) is -2.20. The Hall–Kier alpha value is -2.63. The maximum absolute atomic E-state index is 13.0. The Morgan fingerprint density at radius 1 is 1.37 bits per heavy atom. The number of rotatable bonds is 6. The van der Waals surface area contributed by atoms with Gasteiger partial charge < -0.3 is 15.4 Å². The van der Waals surface area contributed by atoms with Gasteiger partial charge in [0.15, 0.2) is 6.61 Å². The van der Waals surface area contributed by atoms with Gasteiger partial charge in [0.1, 0.15) is 17.6 Å². The number of esters is 1. The van der Waals surface area contributed by atoms with Gasteiger partial charge in [0, 0.05) is 0 Å². The molecule has 2 N–H and O–H groups in total. The van der Waals surface area contributed by atoms with Gasteiger partial charge in [-0.05, 0) is 43.4 Å². The van der Waals surface area contributed by atoms with E-state index in [9.17, 15) is 24.4 Å². The minimum absolute atomic E-state index is 0.112. The van der Waals surface area contributed by atoms with E-state index >= 15 is 0 Å². The zero-order valence-corrected chi connectivity index (χ0v) is 18.6. The molecule has 4 amide bonds. The normalized spacial score (nSPS) is 27.4. The molecule has 0 aromatic carbocycles. The van der Waals surface area contributed by atoms with Crippen molar-refractivity contribution in [1.29, 1.82) is 5.26 Å². The third kappa shape index (κ3) is 4.91. The highest BCUT2D eigenvalue weighted by Crippen LogP contribution is 2.46. The molecule has 2 aliphatic rings. The number of carbonyl (C=O) groups is 4. The van der Waals surface area contributed by atoms with Gasteiger partial charge in [-0.15, -0.1) is 0 Å². The molecule has 1 spiro atoms. The maximum Gasteiger partial charge on any atom is 0.326 e. The first kappa shape index (κ1) is 23.6. The minimum atomic E-state index is -1.09. The summed E-state index contributed by atoms with van der Waals surface area (Å²) in [6.07, 6.45) is 1.98. The summed E-state index contributed by atoms with van der Waals surface area (Å²) in [4.78, 5) is 50.5. The van der Waals surface area contributed by atoms with Gasteiger partial charge in [0.2, 0.25) is 0 Å². The fraction of sp³-hybridized carbons (Fsp3) is 0.762. The highest BCUT2D eigenvalue weighted by Gasteiger charge is 2.56. The Kier molecular flexibility index (Phi) is 6.50. The largest absolute Gasteiger partial charge is 0.454 e. The van der Waals surface area contributed by atoms with Crippen LogP contribution in [-0.2, 0) is 19.1 Å². The van der Waals surface area contributed by atoms with Crippen LogP contribution in [-0.4, -0.2) is 52.9 Å². The van der Waals surface area contributed by atoms with E-state index in [2.05, 4.69) is 24.5 Å². The van der Waals surface area contributed by atoms with Gasteiger partial charge in [-0.25, -0.2) is 4.79 Å². The van der Waals surface area contributed by atoms with E-state index in [1.807, 2.05) is 13.0 Å². The van der Waals surface area contributed by atoms with Crippen molar-refractivity contribution in [2.45, 2.75) is 71.9 Å². The van der Waals surface area contributed by atoms with Crippen LogP contribution in [0.15, 0.2) is 0 Å². The van der Waals surface area contributed by atoms with Gasteiger partial charge in [-0.2, -0.15) is 5.26 Å². The Morgan fingerprint density at radius 3 is 2.53 bits per heavy atom. The van der Waals surface area contributed by atoms with E-state index in [4.69, 9.17) is 4.74 Å². The predicted molar refractivity (Wildman–Crippen MR) is 108 cm³/mol. The zero-order valence-electron chi connectivity index (χ0n) is 18.6. The van der Waals surface area contributed by atoms with Crippen molar-refractivity contribution in [3.63, 3.8) is 0 Å². The first-order valence-electron chi connectivity index (χ1n) is 10.3. The van der Waals surface area contributed by atoms with Crippen molar-refractivity contribution < 1.29 is 23.9 Å². The monoisotopic (exact) mass is 420 g/mol. The second-order valence-electron chi connectivity index (χ2n) is 9.94. The molecule has 1 aliphatic carbocycles. The third-order valence-corrected chi connectivity index (χ3v) is 6.06. The Labute approximate surface area is 177 Å². The highest BCUT2D eigenvalue weighted by molar-refractivity contribution is 6.08. The topological polar surface area (TPSA) is 129 Å². The number of urea groups is 1. The van der Waals surface area contributed by atoms with Crippen LogP contribution in [0, 0.1) is 28.6 Å². The second kappa shape index (κ2) is 8.25. The summed E-state index contributed by atoms with van der Waals surface area (Å²) in [7, 11) is 0. The van der Waals surface area contributed by atoms with Crippen molar-refractivity contribution in [2.75, 3.05) is 13.2 Å². The maximum atomic E-state index is 13.0. The van der Waals surface area contributed by atoms with Crippen LogP contribution in [0.2, 0.25) is 0 Å². The van der Waals surface area contributed by atoms with Crippen LogP contribution in [0.1, 0.15) is 60.8 Å². The van der Waals surface area contributed by atoms with Crippen molar-refractivity contribution in [2.24, 2.45) is 17.3 Å². The van der Waals surface area contributed by atoms with Gasteiger partial charge in [-0.1, -0.05) is 34.6 Å². The summed E-state index contributed by atoms with van der Waals surface area (Å²) in [5, 5.41) is 14.6. The standard InChI is InChI=1S/C21H32N4O5/c1-13(2)20(6,12-22)23-15(26)10-30-16(27)9-25-17(28)21(24-18(25)29)8-14(3)7-19(4,5)11-21/h13-14H,7-11H2,1-6H3,(H,23,26)(H,24,29)/t14-,20+,21+/m1/s1. The molecule has 0 unspecified atom stereocenters.